The molecular weight excluding hydrogens is 228 g/mol. The number of rotatable bonds is 3. The molecule has 0 saturated carbocycles. The summed E-state index contributed by atoms with van der Waals surface area (Å²) in [6.45, 7) is 3.43. The van der Waals surface area contributed by atoms with Gasteiger partial charge in [0.05, 0.1) is 6.61 Å². The first-order chi connectivity index (χ1) is 8.57. The molecule has 0 aliphatic carbocycles. The maximum absolute atomic E-state index is 11.8. The molecule has 94 valence electrons. The minimum atomic E-state index is -1.63. The van der Waals surface area contributed by atoms with Crippen LogP contribution in [0.5, 0.6) is 0 Å². The number of hydrogen-bond acceptors (Lipinski definition) is 3. The second-order valence-corrected chi connectivity index (χ2v) is 4.32. The van der Waals surface area contributed by atoms with Crippen LogP contribution < -0.4 is 0 Å². The van der Waals surface area contributed by atoms with Crippen LogP contribution in [0.2, 0.25) is 0 Å². The van der Waals surface area contributed by atoms with Crippen LogP contribution in [0.3, 0.4) is 0 Å². The van der Waals surface area contributed by atoms with Gasteiger partial charge in [-0.2, -0.15) is 0 Å². The predicted octanol–water partition coefficient (Wildman–Crippen LogP) is 2.61. The number of fused-ring (bicyclic) bond motifs is 1. The van der Waals surface area contributed by atoms with E-state index in [0.29, 0.717) is 5.56 Å². The van der Waals surface area contributed by atoms with Gasteiger partial charge in [-0.3, -0.25) is 0 Å². The standard InChI is InChI=1S/C15H16O3/c1-3-18-14(16)15(2,17)13-10-6-8-11-7-4-5-9-12(11)13/h4-10,17H,3H2,1-2H3/t15-/m0/s1. The lowest BCUT2D eigenvalue weighted by atomic mass is 9.91. The molecule has 2 aromatic rings. The van der Waals surface area contributed by atoms with Gasteiger partial charge in [0.15, 0.2) is 5.60 Å². The quantitative estimate of drug-likeness (QED) is 0.844. The summed E-state index contributed by atoms with van der Waals surface area (Å²) in [6, 6.07) is 13.2. The molecule has 2 aromatic carbocycles. The zero-order chi connectivity index (χ0) is 13.2. The Bertz CT molecular complexity index is 567. The Balaban J connectivity index is 2.56. The van der Waals surface area contributed by atoms with E-state index < -0.39 is 11.6 Å². The summed E-state index contributed by atoms with van der Waals surface area (Å²) in [5, 5.41) is 12.3. The van der Waals surface area contributed by atoms with Gasteiger partial charge in [-0.25, -0.2) is 4.79 Å². The topological polar surface area (TPSA) is 46.5 Å². The number of esters is 1. The van der Waals surface area contributed by atoms with Gasteiger partial charge in [-0.1, -0.05) is 42.5 Å². The van der Waals surface area contributed by atoms with Gasteiger partial charge in [0, 0.05) is 5.56 Å². The molecule has 0 radical (unpaired) electrons. The van der Waals surface area contributed by atoms with Crippen LogP contribution in [0.1, 0.15) is 19.4 Å². The van der Waals surface area contributed by atoms with Crippen molar-refractivity contribution in [2.45, 2.75) is 19.4 Å². The third-order valence-corrected chi connectivity index (χ3v) is 2.99. The van der Waals surface area contributed by atoms with Crippen molar-refractivity contribution >= 4 is 16.7 Å². The molecule has 18 heavy (non-hydrogen) atoms. The number of benzene rings is 2. The van der Waals surface area contributed by atoms with Gasteiger partial charge < -0.3 is 9.84 Å². The Morgan fingerprint density at radius 3 is 2.61 bits per heavy atom. The van der Waals surface area contributed by atoms with Gasteiger partial charge in [-0.05, 0) is 24.6 Å². The first kappa shape index (κ1) is 12.6. The fourth-order valence-electron chi connectivity index (χ4n) is 2.03. The molecule has 0 fully saturated rings. The summed E-state index contributed by atoms with van der Waals surface area (Å²) in [4.78, 5) is 11.8. The molecule has 0 amide bonds. The molecule has 0 aliphatic rings. The first-order valence-electron chi connectivity index (χ1n) is 5.95. The van der Waals surface area contributed by atoms with Gasteiger partial charge in [-0.15, -0.1) is 0 Å². The van der Waals surface area contributed by atoms with Crippen LogP contribution in [0.4, 0.5) is 0 Å². The Morgan fingerprint density at radius 1 is 1.22 bits per heavy atom. The summed E-state index contributed by atoms with van der Waals surface area (Å²) in [7, 11) is 0. The maximum atomic E-state index is 11.8. The number of carbonyl (C=O) groups is 1. The third-order valence-electron chi connectivity index (χ3n) is 2.99. The van der Waals surface area contributed by atoms with E-state index >= 15 is 0 Å². The van der Waals surface area contributed by atoms with E-state index in [1.165, 1.54) is 6.92 Å². The molecule has 0 saturated heterocycles. The average Bonchev–Trinajstić information content (AvgIpc) is 2.38. The van der Waals surface area contributed by atoms with E-state index in [4.69, 9.17) is 4.74 Å². The summed E-state index contributed by atoms with van der Waals surface area (Å²) >= 11 is 0. The molecule has 0 unspecified atom stereocenters. The molecule has 0 aliphatic heterocycles. The van der Waals surface area contributed by atoms with E-state index in [-0.39, 0.29) is 6.61 Å². The van der Waals surface area contributed by atoms with Gasteiger partial charge >= 0.3 is 5.97 Å². The van der Waals surface area contributed by atoms with Crippen molar-refractivity contribution in [2.24, 2.45) is 0 Å². The summed E-state index contributed by atoms with van der Waals surface area (Å²) in [5.41, 5.74) is -1.06. The minimum absolute atomic E-state index is 0.250. The Morgan fingerprint density at radius 2 is 1.89 bits per heavy atom. The fraction of sp³-hybridized carbons (Fsp3) is 0.267. The number of ether oxygens (including phenoxy) is 1. The average molecular weight is 244 g/mol. The van der Waals surface area contributed by atoms with Crippen molar-refractivity contribution in [3.63, 3.8) is 0 Å². The predicted molar refractivity (Wildman–Crippen MR) is 70.2 cm³/mol. The molecule has 0 aromatic heterocycles. The Kier molecular flexibility index (Phi) is 3.34. The van der Waals surface area contributed by atoms with Gasteiger partial charge in [0.1, 0.15) is 0 Å². The van der Waals surface area contributed by atoms with Gasteiger partial charge in [0.25, 0.3) is 0 Å². The molecule has 1 N–H and O–H groups in total. The van der Waals surface area contributed by atoms with Crippen molar-refractivity contribution in [3.8, 4) is 0 Å². The smallest absolute Gasteiger partial charge is 0.342 e. The number of carbonyl (C=O) groups excluding carboxylic acids is 1. The van der Waals surface area contributed by atoms with Crippen LogP contribution in [0.15, 0.2) is 42.5 Å². The Labute approximate surface area is 106 Å². The van der Waals surface area contributed by atoms with Crippen LogP contribution in [-0.4, -0.2) is 17.7 Å². The normalized spacial score (nSPS) is 14.2. The zero-order valence-electron chi connectivity index (χ0n) is 10.5. The van der Waals surface area contributed by atoms with Crippen molar-refractivity contribution in [3.05, 3.63) is 48.0 Å². The zero-order valence-corrected chi connectivity index (χ0v) is 10.5. The maximum Gasteiger partial charge on any atom is 0.342 e. The van der Waals surface area contributed by atoms with Crippen molar-refractivity contribution < 1.29 is 14.6 Å². The molecule has 0 spiro atoms. The first-order valence-corrected chi connectivity index (χ1v) is 5.95. The SMILES string of the molecule is CCOC(=O)[C@@](C)(O)c1cccc2ccccc12. The molecule has 0 heterocycles. The molecular formula is C15H16O3. The van der Waals surface area contributed by atoms with Crippen LogP contribution >= 0.6 is 0 Å². The van der Waals surface area contributed by atoms with Gasteiger partial charge in [0.2, 0.25) is 0 Å². The summed E-state index contributed by atoms with van der Waals surface area (Å²) in [6.07, 6.45) is 0. The highest BCUT2D eigenvalue weighted by Crippen LogP contribution is 2.29. The molecule has 0 bridgehead atoms. The molecule has 3 nitrogen and oxygen atoms in total. The second-order valence-electron chi connectivity index (χ2n) is 4.32. The van der Waals surface area contributed by atoms with E-state index in [1.807, 2.05) is 36.4 Å². The highest BCUT2D eigenvalue weighted by molar-refractivity contribution is 5.92. The Hall–Kier alpha value is -1.87. The lowest BCUT2D eigenvalue weighted by molar-refractivity contribution is -0.164. The second kappa shape index (κ2) is 4.78. The minimum Gasteiger partial charge on any atom is -0.464 e. The highest BCUT2D eigenvalue weighted by Gasteiger charge is 2.35. The monoisotopic (exact) mass is 244 g/mol. The van der Waals surface area contributed by atoms with E-state index in [0.717, 1.165) is 10.8 Å². The summed E-state index contributed by atoms with van der Waals surface area (Å²) < 4.78 is 4.92. The van der Waals surface area contributed by atoms with E-state index in [9.17, 15) is 9.90 Å². The van der Waals surface area contributed by atoms with Crippen LogP contribution in [0, 0.1) is 0 Å². The van der Waals surface area contributed by atoms with Crippen LogP contribution in [0.25, 0.3) is 10.8 Å². The van der Waals surface area contributed by atoms with E-state index in [2.05, 4.69) is 0 Å². The largest absolute Gasteiger partial charge is 0.464 e. The summed E-state index contributed by atoms with van der Waals surface area (Å²) in [5.74, 6) is -0.624. The molecule has 1 atom stereocenters. The lowest BCUT2D eigenvalue weighted by Crippen LogP contribution is -2.34. The van der Waals surface area contributed by atoms with Crippen molar-refractivity contribution in [1.29, 1.82) is 0 Å². The number of hydrogen-bond donors (Lipinski definition) is 1. The van der Waals surface area contributed by atoms with E-state index in [1.54, 1.807) is 13.0 Å². The highest BCUT2D eigenvalue weighted by atomic mass is 16.5. The van der Waals surface area contributed by atoms with Crippen molar-refractivity contribution in [2.75, 3.05) is 6.61 Å². The van der Waals surface area contributed by atoms with Crippen molar-refractivity contribution in [1.82, 2.24) is 0 Å². The molecule has 3 heteroatoms. The fourth-order valence-corrected chi connectivity index (χ4v) is 2.03. The lowest BCUT2D eigenvalue weighted by Gasteiger charge is -2.23. The number of aliphatic hydroxyl groups is 1. The third kappa shape index (κ3) is 2.09. The molecule has 2 rings (SSSR count). The van der Waals surface area contributed by atoms with Crippen LogP contribution in [-0.2, 0) is 15.1 Å².